The Morgan fingerprint density at radius 2 is 0.635 bits per heavy atom. The molecule has 1 unspecified atom stereocenters. The molecule has 5 rings (SSSR count). The summed E-state index contributed by atoms with van der Waals surface area (Å²) in [6.07, 6.45) is 57.5. The summed E-state index contributed by atoms with van der Waals surface area (Å²) >= 11 is 0. The summed E-state index contributed by atoms with van der Waals surface area (Å²) in [5.74, 6) is 0.838. The van der Waals surface area contributed by atoms with Gasteiger partial charge in [-0.2, -0.15) is 0 Å². The summed E-state index contributed by atoms with van der Waals surface area (Å²) in [4.78, 5) is 29.1. The monoisotopic (exact) mass is 879 g/mol. The number of hydrogen-bond donors (Lipinski definition) is 1. The van der Waals surface area contributed by atoms with Crippen LogP contribution >= 0.6 is 0 Å². The summed E-state index contributed by atoms with van der Waals surface area (Å²) in [5, 5.41) is 10.7. The number of esters is 1. The highest BCUT2D eigenvalue weighted by Crippen LogP contribution is 2.61. The Hall–Kier alpha value is -1.36. The van der Waals surface area contributed by atoms with Crippen molar-refractivity contribution in [2.75, 3.05) is 6.61 Å². The van der Waals surface area contributed by atoms with E-state index in [-0.39, 0.29) is 12.0 Å². The molecule has 0 amide bonds. The fourth-order valence-electron chi connectivity index (χ4n) is 14.3. The number of rotatable bonds is 7. The third kappa shape index (κ3) is 18.3. The van der Waals surface area contributed by atoms with Gasteiger partial charge >= 0.3 is 12.1 Å². The van der Waals surface area contributed by atoms with E-state index in [0.29, 0.717) is 17.8 Å². The molecule has 1 atom stereocenters. The molecule has 5 fully saturated rings. The standard InChI is InChI=1S/C58H102O5/c59-56(63-57(60)61)55(54(53-47-37-38-48-62-53)49-39-29-21-13-5-1-6-14-22-30-40-49)58(50-41-31-23-15-7-2-8-16-24-32-42-50,51-43-33-25-17-9-3-10-18-26-34-44-51)52-45-35-27-19-11-4-12-20-28-36-46-52/h49-53H,1-48H2,(H,60,61). The predicted octanol–water partition coefficient (Wildman–Crippen LogP) is 18.7. The van der Waals surface area contributed by atoms with Gasteiger partial charge in [-0.15, -0.1) is 0 Å². The van der Waals surface area contributed by atoms with Crippen LogP contribution in [0, 0.1) is 29.1 Å². The summed E-state index contributed by atoms with van der Waals surface area (Å²) < 4.78 is 12.9. The molecule has 1 N–H and O–H groups in total. The Bertz CT molecular complexity index is 1110. The molecule has 0 radical (unpaired) electrons. The molecule has 0 aromatic carbocycles. The first-order valence-electron chi connectivity index (χ1n) is 28.9. The number of carbonyl (C=O) groups excluding carboxylic acids is 1. The Labute approximate surface area is 389 Å². The summed E-state index contributed by atoms with van der Waals surface area (Å²) in [7, 11) is 0. The Balaban J connectivity index is 1.85. The van der Waals surface area contributed by atoms with Crippen LogP contribution in [0.25, 0.3) is 0 Å². The van der Waals surface area contributed by atoms with Crippen molar-refractivity contribution in [1.82, 2.24) is 0 Å². The molecule has 5 aliphatic rings. The van der Waals surface area contributed by atoms with Gasteiger partial charge in [-0.25, -0.2) is 9.59 Å². The van der Waals surface area contributed by atoms with Crippen LogP contribution in [-0.4, -0.2) is 29.9 Å². The third-order valence-electron chi connectivity index (χ3n) is 17.5. The fraction of sp³-hybridized carbons (Fsp3) is 0.931. The van der Waals surface area contributed by atoms with Gasteiger partial charge in [0, 0.05) is 17.6 Å². The van der Waals surface area contributed by atoms with Crippen LogP contribution in [0.2, 0.25) is 0 Å². The summed E-state index contributed by atoms with van der Waals surface area (Å²) in [6, 6.07) is 0. The van der Waals surface area contributed by atoms with E-state index in [4.69, 9.17) is 9.47 Å². The second kappa shape index (κ2) is 32.4. The van der Waals surface area contributed by atoms with Crippen LogP contribution in [-0.2, 0) is 14.3 Å². The van der Waals surface area contributed by atoms with Gasteiger partial charge < -0.3 is 14.6 Å². The van der Waals surface area contributed by atoms with Crippen molar-refractivity contribution in [1.29, 1.82) is 0 Å². The maximum Gasteiger partial charge on any atom is 0.513 e. The lowest BCUT2D eigenvalue weighted by atomic mass is 9.49. The average molecular weight is 879 g/mol. The minimum Gasteiger partial charge on any atom is -0.449 e. The zero-order valence-corrected chi connectivity index (χ0v) is 41.4. The van der Waals surface area contributed by atoms with Crippen LogP contribution in [0.3, 0.4) is 0 Å². The average Bonchev–Trinajstić information content (AvgIpc) is 3.26. The molecule has 5 nitrogen and oxygen atoms in total. The van der Waals surface area contributed by atoms with Gasteiger partial charge in [0.15, 0.2) is 0 Å². The van der Waals surface area contributed by atoms with E-state index < -0.39 is 17.5 Å². The van der Waals surface area contributed by atoms with E-state index in [1.54, 1.807) is 0 Å². The van der Waals surface area contributed by atoms with Crippen LogP contribution in [0.1, 0.15) is 302 Å². The maximum atomic E-state index is 16.0. The highest BCUT2D eigenvalue weighted by Gasteiger charge is 2.56. The molecule has 0 spiro atoms. The largest absolute Gasteiger partial charge is 0.513 e. The van der Waals surface area contributed by atoms with Crippen molar-refractivity contribution in [2.45, 2.75) is 308 Å². The van der Waals surface area contributed by atoms with Gasteiger partial charge in [0.1, 0.15) is 0 Å². The molecule has 0 aromatic heterocycles. The summed E-state index contributed by atoms with van der Waals surface area (Å²) in [5.41, 5.74) is 1.78. The zero-order valence-electron chi connectivity index (χ0n) is 41.4. The van der Waals surface area contributed by atoms with Gasteiger partial charge in [0.05, 0.1) is 6.10 Å². The van der Waals surface area contributed by atoms with Crippen LogP contribution in [0.4, 0.5) is 4.79 Å². The zero-order chi connectivity index (χ0) is 44.1. The second-order valence-electron chi connectivity index (χ2n) is 22.1. The molecule has 1 heterocycles. The molecule has 5 heteroatoms. The smallest absolute Gasteiger partial charge is 0.449 e. The van der Waals surface area contributed by atoms with Crippen LogP contribution < -0.4 is 0 Å². The first kappa shape index (κ1) is 52.6. The highest BCUT2D eigenvalue weighted by molar-refractivity contribution is 5.96. The van der Waals surface area contributed by atoms with E-state index in [9.17, 15) is 9.90 Å². The van der Waals surface area contributed by atoms with Crippen molar-refractivity contribution >= 4 is 12.1 Å². The maximum absolute atomic E-state index is 16.0. The predicted molar refractivity (Wildman–Crippen MR) is 264 cm³/mol. The Morgan fingerprint density at radius 3 is 0.905 bits per heavy atom. The fourth-order valence-corrected chi connectivity index (χ4v) is 14.3. The van der Waals surface area contributed by atoms with Gasteiger partial charge in [-0.3, -0.25) is 0 Å². The molecular weight excluding hydrogens is 777 g/mol. The van der Waals surface area contributed by atoms with Crippen LogP contribution in [0.5, 0.6) is 0 Å². The van der Waals surface area contributed by atoms with E-state index in [0.717, 1.165) is 44.3 Å². The molecular formula is C58H102O5. The van der Waals surface area contributed by atoms with Gasteiger partial charge in [0.2, 0.25) is 0 Å². The lowest BCUT2D eigenvalue weighted by Crippen LogP contribution is -2.51. The minimum absolute atomic E-state index is 0.115. The molecule has 0 bridgehead atoms. The first-order chi connectivity index (χ1) is 31.1. The quantitative estimate of drug-likeness (QED) is 0.157. The van der Waals surface area contributed by atoms with Gasteiger partial charge in [-0.1, -0.05) is 231 Å². The molecule has 0 aromatic rings. The number of hydrogen-bond acceptors (Lipinski definition) is 4. The molecule has 364 valence electrons. The lowest BCUT2D eigenvalue weighted by Gasteiger charge is -2.55. The molecule has 1 aliphatic heterocycles. The van der Waals surface area contributed by atoms with E-state index in [2.05, 4.69) is 0 Å². The Kier molecular flexibility index (Phi) is 27.0. The van der Waals surface area contributed by atoms with Crippen LogP contribution in [0.15, 0.2) is 11.1 Å². The van der Waals surface area contributed by atoms with Crippen molar-refractivity contribution < 1.29 is 24.2 Å². The van der Waals surface area contributed by atoms with E-state index in [1.165, 1.54) is 275 Å². The van der Waals surface area contributed by atoms with E-state index >= 15 is 4.79 Å². The molecule has 1 saturated heterocycles. The number of ether oxygens (including phenoxy) is 2. The van der Waals surface area contributed by atoms with Gasteiger partial charge in [-0.05, 0) is 99.9 Å². The van der Waals surface area contributed by atoms with E-state index in [1.807, 2.05) is 0 Å². The highest BCUT2D eigenvalue weighted by atomic mass is 16.7. The number of carbonyl (C=O) groups is 2. The molecule has 4 saturated carbocycles. The molecule has 63 heavy (non-hydrogen) atoms. The van der Waals surface area contributed by atoms with Crippen molar-refractivity contribution in [3.8, 4) is 0 Å². The van der Waals surface area contributed by atoms with Crippen molar-refractivity contribution in [3.63, 3.8) is 0 Å². The molecule has 4 aliphatic carbocycles. The SMILES string of the molecule is O=C(O)OC(=O)C(=C(C1CCCCCCCCCCC1)C1CCCCO1)C(C1CCCCCCCCCCC1)(C1CCCCCCCCCCC1)C1CCCCCCCCCCC1. The van der Waals surface area contributed by atoms with Crippen molar-refractivity contribution in [3.05, 3.63) is 11.1 Å². The summed E-state index contributed by atoms with van der Waals surface area (Å²) in [6.45, 7) is 0.741. The number of carboxylic acid groups (broad SMARTS) is 1. The minimum atomic E-state index is -1.41. The first-order valence-corrected chi connectivity index (χ1v) is 28.9. The Morgan fingerprint density at radius 1 is 0.365 bits per heavy atom. The normalized spacial score (nSPS) is 26.5. The second-order valence-corrected chi connectivity index (χ2v) is 22.1. The third-order valence-corrected chi connectivity index (χ3v) is 17.5. The van der Waals surface area contributed by atoms with Gasteiger partial charge in [0.25, 0.3) is 0 Å². The lowest BCUT2D eigenvalue weighted by molar-refractivity contribution is -0.139. The topological polar surface area (TPSA) is 72.8 Å². The van der Waals surface area contributed by atoms with Crippen molar-refractivity contribution in [2.24, 2.45) is 29.1 Å².